The summed E-state index contributed by atoms with van der Waals surface area (Å²) >= 11 is 6.13. The first-order chi connectivity index (χ1) is 12.6. The number of carbonyl (C=O) groups is 1. The standard InChI is InChI=1S/C21H19ClN2O2/c1-26-20-12-11-18(14-19(20)22)23-16-7-9-17(10-8-16)24-21(25)13-15-5-3-2-4-6-15/h2-12,14,23H,13H2,1H3,(H,24,25). The minimum absolute atomic E-state index is 0.0427. The van der Waals surface area contributed by atoms with Crippen molar-refractivity contribution in [1.29, 1.82) is 0 Å². The largest absolute Gasteiger partial charge is 0.495 e. The summed E-state index contributed by atoms with van der Waals surface area (Å²) in [6.07, 6.45) is 0.352. The normalized spacial score (nSPS) is 10.2. The van der Waals surface area contributed by atoms with Crippen molar-refractivity contribution in [2.24, 2.45) is 0 Å². The van der Waals surface area contributed by atoms with E-state index in [1.54, 1.807) is 13.2 Å². The Labute approximate surface area is 157 Å². The van der Waals surface area contributed by atoms with Gasteiger partial charge in [0, 0.05) is 17.1 Å². The molecule has 0 fully saturated rings. The van der Waals surface area contributed by atoms with Crippen molar-refractivity contribution >= 4 is 34.6 Å². The smallest absolute Gasteiger partial charge is 0.228 e. The Balaban J connectivity index is 1.59. The predicted molar refractivity (Wildman–Crippen MR) is 107 cm³/mol. The molecule has 0 atom stereocenters. The minimum atomic E-state index is -0.0427. The molecule has 5 heteroatoms. The molecule has 0 radical (unpaired) electrons. The molecule has 4 nitrogen and oxygen atoms in total. The SMILES string of the molecule is COc1ccc(Nc2ccc(NC(=O)Cc3ccccc3)cc2)cc1Cl. The lowest BCUT2D eigenvalue weighted by atomic mass is 10.1. The minimum Gasteiger partial charge on any atom is -0.495 e. The molecule has 0 aliphatic rings. The first-order valence-electron chi connectivity index (χ1n) is 8.18. The molecule has 3 aromatic carbocycles. The first-order valence-corrected chi connectivity index (χ1v) is 8.56. The first kappa shape index (κ1) is 17.8. The van der Waals surface area contributed by atoms with Crippen LogP contribution in [0.5, 0.6) is 5.75 Å². The Hall–Kier alpha value is -2.98. The van der Waals surface area contributed by atoms with Gasteiger partial charge < -0.3 is 15.4 Å². The van der Waals surface area contributed by atoms with E-state index in [1.165, 1.54) is 0 Å². The zero-order valence-electron chi connectivity index (χ0n) is 14.3. The molecular weight excluding hydrogens is 348 g/mol. The monoisotopic (exact) mass is 366 g/mol. The van der Waals surface area contributed by atoms with Crippen LogP contribution < -0.4 is 15.4 Å². The fourth-order valence-corrected chi connectivity index (χ4v) is 2.79. The molecule has 0 bridgehead atoms. The van der Waals surface area contributed by atoms with Gasteiger partial charge >= 0.3 is 0 Å². The molecule has 0 aliphatic heterocycles. The van der Waals surface area contributed by atoms with Crippen molar-refractivity contribution < 1.29 is 9.53 Å². The Morgan fingerprint density at radius 2 is 1.58 bits per heavy atom. The fourth-order valence-electron chi connectivity index (χ4n) is 2.53. The van der Waals surface area contributed by atoms with Gasteiger partial charge in [0.1, 0.15) is 5.75 Å². The lowest BCUT2D eigenvalue weighted by Crippen LogP contribution is -2.14. The second kappa shape index (κ2) is 8.41. The van der Waals surface area contributed by atoms with Crippen molar-refractivity contribution in [3.63, 3.8) is 0 Å². The van der Waals surface area contributed by atoms with Crippen LogP contribution in [0.3, 0.4) is 0 Å². The molecule has 0 aliphatic carbocycles. The number of methoxy groups -OCH3 is 1. The number of hydrogen-bond donors (Lipinski definition) is 2. The lowest BCUT2D eigenvalue weighted by molar-refractivity contribution is -0.115. The quantitative estimate of drug-likeness (QED) is 0.624. The molecular formula is C21H19ClN2O2. The molecule has 0 saturated heterocycles. The van der Waals surface area contributed by atoms with Crippen LogP contribution in [0.1, 0.15) is 5.56 Å². The fraction of sp³-hybridized carbons (Fsp3) is 0.0952. The van der Waals surface area contributed by atoms with Crippen LogP contribution in [-0.4, -0.2) is 13.0 Å². The Bertz CT molecular complexity index is 880. The van der Waals surface area contributed by atoms with Crippen LogP contribution in [0.2, 0.25) is 5.02 Å². The summed E-state index contributed by atoms with van der Waals surface area (Å²) in [5.74, 6) is 0.590. The van der Waals surface area contributed by atoms with E-state index in [0.717, 1.165) is 22.6 Å². The highest BCUT2D eigenvalue weighted by atomic mass is 35.5. The van der Waals surface area contributed by atoms with E-state index in [9.17, 15) is 4.79 Å². The number of ether oxygens (including phenoxy) is 1. The van der Waals surface area contributed by atoms with E-state index in [0.29, 0.717) is 17.2 Å². The number of halogens is 1. The zero-order valence-corrected chi connectivity index (χ0v) is 15.1. The van der Waals surface area contributed by atoms with Gasteiger partial charge in [0.15, 0.2) is 0 Å². The number of hydrogen-bond acceptors (Lipinski definition) is 3. The number of benzene rings is 3. The molecule has 1 amide bonds. The van der Waals surface area contributed by atoms with Crippen molar-refractivity contribution in [2.45, 2.75) is 6.42 Å². The summed E-state index contributed by atoms with van der Waals surface area (Å²) in [5, 5.41) is 6.71. The second-order valence-electron chi connectivity index (χ2n) is 5.76. The number of amides is 1. The number of carbonyl (C=O) groups excluding carboxylic acids is 1. The molecule has 3 rings (SSSR count). The summed E-state index contributed by atoms with van der Waals surface area (Å²) in [6, 6.07) is 22.7. The Kier molecular flexibility index (Phi) is 5.77. The predicted octanol–water partition coefficient (Wildman–Crippen LogP) is 5.27. The van der Waals surface area contributed by atoms with Crippen LogP contribution in [0, 0.1) is 0 Å². The number of rotatable bonds is 6. The van der Waals surface area contributed by atoms with Crippen LogP contribution >= 0.6 is 11.6 Å². The van der Waals surface area contributed by atoms with E-state index >= 15 is 0 Å². The van der Waals surface area contributed by atoms with E-state index in [4.69, 9.17) is 16.3 Å². The summed E-state index contributed by atoms with van der Waals surface area (Å²) in [4.78, 5) is 12.1. The summed E-state index contributed by atoms with van der Waals surface area (Å²) in [7, 11) is 1.58. The van der Waals surface area contributed by atoms with Crippen molar-refractivity contribution in [2.75, 3.05) is 17.7 Å². The third-order valence-electron chi connectivity index (χ3n) is 3.82. The van der Waals surface area contributed by atoms with Gasteiger partial charge in [-0.3, -0.25) is 4.79 Å². The number of nitrogens with one attached hydrogen (secondary N) is 2. The van der Waals surface area contributed by atoms with Crippen molar-refractivity contribution in [1.82, 2.24) is 0 Å². The average molecular weight is 367 g/mol. The zero-order chi connectivity index (χ0) is 18.4. The molecule has 132 valence electrons. The van der Waals surface area contributed by atoms with Gasteiger partial charge in [-0.15, -0.1) is 0 Å². The molecule has 0 spiro atoms. The topological polar surface area (TPSA) is 50.4 Å². The second-order valence-corrected chi connectivity index (χ2v) is 6.17. The molecule has 2 N–H and O–H groups in total. The Morgan fingerprint density at radius 1 is 0.923 bits per heavy atom. The van der Waals surface area contributed by atoms with Crippen molar-refractivity contribution in [3.8, 4) is 5.75 Å². The van der Waals surface area contributed by atoms with E-state index in [1.807, 2.05) is 66.7 Å². The highest BCUT2D eigenvalue weighted by Crippen LogP contribution is 2.29. The molecule has 0 saturated carbocycles. The highest BCUT2D eigenvalue weighted by Gasteiger charge is 2.05. The molecule has 26 heavy (non-hydrogen) atoms. The third kappa shape index (κ3) is 4.77. The maximum atomic E-state index is 12.1. The van der Waals surface area contributed by atoms with Gasteiger partial charge in [0.2, 0.25) is 5.91 Å². The van der Waals surface area contributed by atoms with Crippen molar-refractivity contribution in [3.05, 3.63) is 83.4 Å². The van der Waals surface area contributed by atoms with Crippen LogP contribution in [0.25, 0.3) is 0 Å². The van der Waals surface area contributed by atoms with Gasteiger partial charge in [-0.1, -0.05) is 41.9 Å². The third-order valence-corrected chi connectivity index (χ3v) is 4.11. The summed E-state index contributed by atoms with van der Waals surface area (Å²) in [5.41, 5.74) is 3.49. The Morgan fingerprint density at radius 3 is 2.23 bits per heavy atom. The van der Waals surface area contributed by atoms with E-state index in [2.05, 4.69) is 10.6 Å². The van der Waals surface area contributed by atoms with Crippen LogP contribution in [0.4, 0.5) is 17.1 Å². The van der Waals surface area contributed by atoms with Gasteiger partial charge in [-0.2, -0.15) is 0 Å². The van der Waals surface area contributed by atoms with Gasteiger partial charge in [-0.25, -0.2) is 0 Å². The van der Waals surface area contributed by atoms with E-state index < -0.39 is 0 Å². The highest BCUT2D eigenvalue weighted by molar-refractivity contribution is 6.32. The van der Waals surface area contributed by atoms with Gasteiger partial charge in [0.25, 0.3) is 0 Å². The molecule has 3 aromatic rings. The molecule has 0 unspecified atom stereocenters. The molecule has 0 aromatic heterocycles. The summed E-state index contributed by atoms with van der Waals surface area (Å²) in [6.45, 7) is 0. The lowest BCUT2D eigenvalue weighted by Gasteiger charge is -2.10. The number of anilines is 3. The van der Waals surface area contributed by atoms with Crippen LogP contribution in [-0.2, 0) is 11.2 Å². The molecule has 0 heterocycles. The van der Waals surface area contributed by atoms with Gasteiger partial charge in [0.05, 0.1) is 18.6 Å². The van der Waals surface area contributed by atoms with Crippen LogP contribution in [0.15, 0.2) is 72.8 Å². The summed E-state index contributed by atoms with van der Waals surface area (Å²) < 4.78 is 5.15. The van der Waals surface area contributed by atoms with E-state index in [-0.39, 0.29) is 5.91 Å². The van der Waals surface area contributed by atoms with Gasteiger partial charge in [-0.05, 0) is 48.0 Å². The average Bonchev–Trinajstić information content (AvgIpc) is 2.64. The maximum Gasteiger partial charge on any atom is 0.228 e. The maximum absolute atomic E-state index is 12.1.